The fraction of sp³-hybridized carbons (Fsp3) is 0.118. The van der Waals surface area contributed by atoms with Gasteiger partial charge in [-0.1, -0.05) is 6.07 Å². The molecular weight excluding hydrogens is 420 g/mol. The van der Waals surface area contributed by atoms with Gasteiger partial charge in [-0.05, 0) is 35.7 Å². The number of carbonyl (C=O) groups excluding carboxylic acids is 2. The van der Waals surface area contributed by atoms with Crippen LogP contribution in [0.2, 0.25) is 0 Å². The van der Waals surface area contributed by atoms with Gasteiger partial charge in [0.1, 0.15) is 4.21 Å². The Balaban J connectivity index is 1.58. The SMILES string of the molecule is CN(CC(=O)Nc1ccc(C(=O)Nc2nccs2)cc1)S(=O)(=O)c1cccs1. The van der Waals surface area contributed by atoms with Crippen LogP contribution in [-0.4, -0.2) is 43.1 Å². The Bertz CT molecular complexity index is 1050. The summed E-state index contributed by atoms with van der Waals surface area (Å²) in [5, 5.41) is 9.19. The zero-order valence-electron chi connectivity index (χ0n) is 14.7. The molecule has 0 saturated heterocycles. The van der Waals surface area contributed by atoms with Crippen LogP contribution in [0, 0.1) is 0 Å². The van der Waals surface area contributed by atoms with Crippen molar-refractivity contribution >= 4 is 55.3 Å². The molecular formula is C17H16N4O4S3. The van der Waals surface area contributed by atoms with Crippen molar-refractivity contribution in [2.24, 2.45) is 0 Å². The lowest BCUT2D eigenvalue weighted by Crippen LogP contribution is -2.34. The third-order valence-corrected chi connectivity index (χ3v) is 7.47. The van der Waals surface area contributed by atoms with E-state index in [-0.39, 0.29) is 16.7 Å². The molecule has 11 heteroatoms. The number of sulfonamides is 1. The molecule has 0 fully saturated rings. The normalized spacial score (nSPS) is 11.4. The first-order valence-electron chi connectivity index (χ1n) is 7.97. The zero-order chi connectivity index (χ0) is 20.1. The Labute approximate surface area is 169 Å². The molecule has 3 aromatic rings. The van der Waals surface area contributed by atoms with Crippen LogP contribution < -0.4 is 10.6 Å². The van der Waals surface area contributed by atoms with Gasteiger partial charge in [-0.3, -0.25) is 14.9 Å². The smallest absolute Gasteiger partial charge is 0.257 e. The van der Waals surface area contributed by atoms with Gasteiger partial charge in [0.15, 0.2) is 5.13 Å². The maximum atomic E-state index is 12.3. The molecule has 2 N–H and O–H groups in total. The van der Waals surface area contributed by atoms with Gasteiger partial charge in [0.05, 0.1) is 6.54 Å². The highest BCUT2D eigenvalue weighted by Crippen LogP contribution is 2.20. The molecule has 3 rings (SSSR count). The van der Waals surface area contributed by atoms with Crippen LogP contribution in [0.25, 0.3) is 0 Å². The molecule has 2 amide bonds. The van der Waals surface area contributed by atoms with Gasteiger partial charge in [0.25, 0.3) is 15.9 Å². The molecule has 28 heavy (non-hydrogen) atoms. The Kier molecular flexibility index (Phi) is 6.19. The van der Waals surface area contributed by atoms with Crippen LogP contribution in [0.15, 0.2) is 57.6 Å². The predicted molar refractivity (Wildman–Crippen MR) is 109 cm³/mol. The molecule has 0 aliphatic rings. The van der Waals surface area contributed by atoms with Gasteiger partial charge >= 0.3 is 0 Å². The summed E-state index contributed by atoms with van der Waals surface area (Å²) in [7, 11) is -2.34. The van der Waals surface area contributed by atoms with Crippen molar-refractivity contribution in [2.75, 3.05) is 24.2 Å². The second kappa shape index (κ2) is 8.61. The number of nitrogens with one attached hydrogen (secondary N) is 2. The van der Waals surface area contributed by atoms with E-state index in [2.05, 4.69) is 15.6 Å². The number of hydrogen-bond acceptors (Lipinski definition) is 7. The number of benzene rings is 1. The quantitative estimate of drug-likeness (QED) is 0.592. The zero-order valence-corrected chi connectivity index (χ0v) is 17.1. The molecule has 2 aromatic heterocycles. The van der Waals surface area contributed by atoms with Gasteiger partial charge in [-0.15, -0.1) is 22.7 Å². The van der Waals surface area contributed by atoms with E-state index in [9.17, 15) is 18.0 Å². The number of thiazole rings is 1. The second-order valence-corrected chi connectivity index (χ2v) is 9.72. The first kappa shape index (κ1) is 20.1. The van der Waals surface area contributed by atoms with Crippen LogP contribution >= 0.6 is 22.7 Å². The molecule has 0 unspecified atom stereocenters. The van der Waals surface area contributed by atoms with Gasteiger partial charge < -0.3 is 5.32 Å². The number of amides is 2. The van der Waals surface area contributed by atoms with Crippen LogP contribution in [0.1, 0.15) is 10.4 Å². The van der Waals surface area contributed by atoms with Crippen LogP contribution in [-0.2, 0) is 14.8 Å². The van der Waals surface area contributed by atoms with Gasteiger partial charge in [0, 0.05) is 29.9 Å². The minimum absolute atomic E-state index is 0.179. The maximum Gasteiger partial charge on any atom is 0.257 e. The lowest BCUT2D eigenvalue weighted by Gasteiger charge is -2.15. The topological polar surface area (TPSA) is 108 Å². The van der Waals surface area contributed by atoms with Gasteiger partial charge in [-0.2, -0.15) is 4.31 Å². The van der Waals surface area contributed by atoms with Crippen molar-refractivity contribution in [1.29, 1.82) is 0 Å². The van der Waals surface area contributed by atoms with E-state index in [1.807, 2.05) is 0 Å². The lowest BCUT2D eigenvalue weighted by molar-refractivity contribution is -0.116. The number of rotatable bonds is 7. The number of thiophene rings is 1. The molecule has 0 aliphatic carbocycles. The molecule has 0 radical (unpaired) electrons. The summed E-state index contributed by atoms with van der Waals surface area (Å²) in [6.07, 6.45) is 1.59. The van der Waals surface area contributed by atoms with Crippen molar-refractivity contribution in [3.05, 3.63) is 58.9 Å². The van der Waals surface area contributed by atoms with E-state index >= 15 is 0 Å². The Hall–Kier alpha value is -2.60. The summed E-state index contributed by atoms with van der Waals surface area (Å²) in [5.41, 5.74) is 0.864. The summed E-state index contributed by atoms with van der Waals surface area (Å²) in [4.78, 5) is 28.3. The largest absolute Gasteiger partial charge is 0.325 e. The van der Waals surface area contributed by atoms with Crippen molar-refractivity contribution in [2.45, 2.75) is 4.21 Å². The fourth-order valence-electron chi connectivity index (χ4n) is 2.21. The van der Waals surface area contributed by atoms with E-state index in [4.69, 9.17) is 0 Å². The van der Waals surface area contributed by atoms with E-state index in [0.717, 1.165) is 15.6 Å². The molecule has 2 heterocycles. The lowest BCUT2D eigenvalue weighted by atomic mass is 10.2. The minimum Gasteiger partial charge on any atom is -0.325 e. The molecule has 8 nitrogen and oxygen atoms in total. The number of nitrogens with zero attached hydrogens (tertiary/aromatic N) is 2. The van der Waals surface area contributed by atoms with E-state index in [1.165, 1.54) is 24.5 Å². The first-order valence-corrected chi connectivity index (χ1v) is 11.2. The van der Waals surface area contributed by atoms with Crippen LogP contribution in [0.3, 0.4) is 0 Å². The highest BCUT2D eigenvalue weighted by atomic mass is 32.2. The number of hydrogen-bond donors (Lipinski definition) is 2. The van der Waals surface area contributed by atoms with Gasteiger partial charge in [-0.25, -0.2) is 13.4 Å². The first-order chi connectivity index (χ1) is 13.4. The van der Waals surface area contributed by atoms with Crippen molar-refractivity contribution in [3.8, 4) is 0 Å². The number of carbonyl (C=O) groups is 2. The maximum absolute atomic E-state index is 12.3. The average molecular weight is 437 g/mol. The summed E-state index contributed by atoms with van der Waals surface area (Å²) in [6.45, 7) is -0.327. The third kappa shape index (κ3) is 4.81. The molecule has 0 atom stereocenters. The van der Waals surface area contributed by atoms with E-state index in [0.29, 0.717) is 16.4 Å². The Morgan fingerprint density at radius 3 is 2.43 bits per heavy atom. The van der Waals surface area contributed by atoms with Crippen molar-refractivity contribution in [1.82, 2.24) is 9.29 Å². The second-order valence-electron chi connectivity index (χ2n) is 5.61. The monoisotopic (exact) mass is 436 g/mol. The number of likely N-dealkylation sites (N-methyl/N-ethyl adjacent to an activating group) is 1. The standard InChI is InChI=1S/C17H16N4O4S3/c1-21(28(24,25)15-3-2-9-26-15)11-14(22)19-13-6-4-12(5-7-13)16(23)20-17-18-8-10-27-17/h2-10H,11H2,1H3,(H,19,22)(H,18,20,23). The summed E-state index contributed by atoms with van der Waals surface area (Å²) < 4.78 is 25.8. The Morgan fingerprint density at radius 1 is 1.07 bits per heavy atom. The molecule has 0 spiro atoms. The predicted octanol–water partition coefficient (Wildman–Crippen LogP) is 2.72. The van der Waals surface area contributed by atoms with Crippen LogP contribution in [0.5, 0.6) is 0 Å². The third-order valence-electron chi connectivity index (χ3n) is 3.61. The molecule has 1 aromatic carbocycles. The highest BCUT2D eigenvalue weighted by Gasteiger charge is 2.23. The number of anilines is 2. The summed E-state index contributed by atoms with van der Waals surface area (Å²) in [5.74, 6) is -0.794. The number of aromatic nitrogens is 1. The van der Waals surface area contributed by atoms with Crippen molar-refractivity contribution < 1.29 is 18.0 Å². The molecule has 0 bridgehead atoms. The highest BCUT2D eigenvalue weighted by molar-refractivity contribution is 7.91. The summed E-state index contributed by atoms with van der Waals surface area (Å²) in [6, 6.07) is 9.39. The molecule has 0 saturated carbocycles. The molecule has 146 valence electrons. The van der Waals surface area contributed by atoms with E-state index < -0.39 is 15.9 Å². The fourth-order valence-corrected chi connectivity index (χ4v) is 5.06. The Morgan fingerprint density at radius 2 is 1.82 bits per heavy atom. The minimum atomic E-state index is -3.69. The molecule has 0 aliphatic heterocycles. The van der Waals surface area contributed by atoms with E-state index in [1.54, 1.807) is 47.3 Å². The van der Waals surface area contributed by atoms with Crippen molar-refractivity contribution in [3.63, 3.8) is 0 Å². The summed E-state index contributed by atoms with van der Waals surface area (Å²) >= 11 is 2.40. The average Bonchev–Trinajstić information content (AvgIpc) is 3.36. The van der Waals surface area contributed by atoms with Crippen LogP contribution in [0.4, 0.5) is 10.8 Å². The van der Waals surface area contributed by atoms with Gasteiger partial charge in [0.2, 0.25) is 5.91 Å².